The van der Waals surface area contributed by atoms with Gasteiger partial charge in [-0.05, 0) is 25.0 Å². The first-order chi connectivity index (χ1) is 11.8. The summed E-state index contributed by atoms with van der Waals surface area (Å²) in [6, 6.07) is 1.89. The van der Waals surface area contributed by atoms with E-state index in [2.05, 4.69) is 15.3 Å². The summed E-state index contributed by atoms with van der Waals surface area (Å²) in [7, 11) is 0. The van der Waals surface area contributed by atoms with E-state index >= 15 is 0 Å². The number of ether oxygens (including phenoxy) is 1. The van der Waals surface area contributed by atoms with Gasteiger partial charge in [-0.1, -0.05) is 0 Å². The van der Waals surface area contributed by atoms with E-state index in [1.54, 1.807) is 17.6 Å². The molecule has 1 unspecified atom stereocenters. The molecule has 1 amide bonds. The first-order valence-corrected chi connectivity index (χ1v) is 9.15. The summed E-state index contributed by atoms with van der Waals surface area (Å²) in [6.45, 7) is 2.46. The van der Waals surface area contributed by atoms with Crippen molar-refractivity contribution in [3.63, 3.8) is 0 Å². The maximum atomic E-state index is 12.4. The Morgan fingerprint density at radius 1 is 1.46 bits per heavy atom. The second kappa shape index (κ2) is 6.68. The molecule has 7 heteroatoms. The number of rotatable bonds is 5. The third-order valence-corrected chi connectivity index (χ3v) is 5.15. The van der Waals surface area contributed by atoms with Crippen molar-refractivity contribution in [1.82, 2.24) is 14.9 Å². The van der Waals surface area contributed by atoms with Crippen LogP contribution in [-0.2, 0) is 4.74 Å². The van der Waals surface area contributed by atoms with E-state index in [0.717, 1.165) is 55.3 Å². The predicted octanol–water partition coefficient (Wildman–Crippen LogP) is 3.09. The van der Waals surface area contributed by atoms with Gasteiger partial charge >= 0.3 is 0 Å². The Bertz CT molecular complexity index is 737. The van der Waals surface area contributed by atoms with Gasteiger partial charge in [-0.25, -0.2) is 4.98 Å². The zero-order valence-corrected chi connectivity index (χ0v) is 14.1. The zero-order valence-electron chi connectivity index (χ0n) is 13.3. The lowest BCUT2D eigenvalue weighted by atomic mass is 10.2. The summed E-state index contributed by atoms with van der Waals surface area (Å²) in [6.07, 6.45) is 8.95. The largest absolute Gasteiger partial charge is 0.496 e. The molecule has 0 bridgehead atoms. The van der Waals surface area contributed by atoms with Crippen LogP contribution in [0.15, 0.2) is 30.0 Å². The summed E-state index contributed by atoms with van der Waals surface area (Å²) in [5, 5.41) is 6.18. The number of nitrogens with one attached hydrogen (secondary N) is 2. The average Bonchev–Trinajstić information content (AvgIpc) is 3.41. The Kier molecular flexibility index (Phi) is 4.25. The smallest absolute Gasteiger partial charge is 0.270 e. The fourth-order valence-corrected chi connectivity index (χ4v) is 3.74. The Balaban J connectivity index is 1.40. The lowest BCUT2D eigenvalue weighted by molar-refractivity contribution is 0.0788. The van der Waals surface area contributed by atoms with Crippen molar-refractivity contribution in [3.8, 4) is 11.3 Å². The Hall–Kier alpha value is -2.28. The number of hydrogen-bond donors (Lipinski definition) is 2. The molecule has 2 aromatic heterocycles. The first kappa shape index (κ1) is 15.3. The molecule has 1 atom stereocenters. The number of thiazole rings is 1. The van der Waals surface area contributed by atoms with Gasteiger partial charge in [0.25, 0.3) is 5.91 Å². The molecule has 0 saturated carbocycles. The fourth-order valence-electron chi connectivity index (χ4n) is 3.01. The topological polar surface area (TPSA) is 70.2 Å². The molecule has 0 aromatic carbocycles. The lowest BCUT2D eigenvalue weighted by Crippen LogP contribution is -2.27. The van der Waals surface area contributed by atoms with Crippen molar-refractivity contribution in [1.29, 1.82) is 0 Å². The van der Waals surface area contributed by atoms with Crippen molar-refractivity contribution in [2.45, 2.75) is 25.4 Å². The molecule has 2 N–H and O–H groups in total. The maximum absolute atomic E-state index is 12.4. The number of aromatic nitrogens is 2. The van der Waals surface area contributed by atoms with Crippen LogP contribution in [0.5, 0.6) is 0 Å². The van der Waals surface area contributed by atoms with Crippen LogP contribution in [0.2, 0.25) is 0 Å². The highest BCUT2D eigenvalue weighted by molar-refractivity contribution is 7.14. The summed E-state index contributed by atoms with van der Waals surface area (Å²) in [5.74, 6) is 0.0817. The quantitative estimate of drug-likeness (QED) is 0.874. The summed E-state index contributed by atoms with van der Waals surface area (Å²) in [5.41, 5.74) is 2.46. The van der Waals surface area contributed by atoms with Gasteiger partial charge in [0.2, 0.25) is 0 Å². The number of hydrogen-bond acceptors (Lipinski definition) is 5. The van der Waals surface area contributed by atoms with Crippen LogP contribution < -0.4 is 5.32 Å². The fraction of sp³-hybridized carbons (Fsp3) is 0.412. The lowest BCUT2D eigenvalue weighted by Gasteiger charge is -2.13. The molecular formula is C17H20N4O2S. The van der Waals surface area contributed by atoms with Gasteiger partial charge < -0.3 is 19.9 Å². The summed E-state index contributed by atoms with van der Waals surface area (Å²) < 4.78 is 5.43. The minimum Gasteiger partial charge on any atom is -0.496 e. The van der Waals surface area contributed by atoms with Crippen LogP contribution in [-0.4, -0.2) is 46.5 Å². The third kappa shape index (κ3) is 3.17. The van der Waals surface area contributed by atoms with E-state index in [4.69, 9.17) is 4.74 Å². The molecule has 1 saturated heterocycles. The normalized spacial score (nSPS) is 19.7. The number of nitrogens with zero attached hydrogens (tertiary/aromatic N) is 2. The standard InChI is InChI=1S/C17H20N4O2S/c22-16(21-5-1-2-6-21)14-8-12(9-18-14)15-11-24-17(20-15)19-10-13-4-3-7-23-13/h3,7-9,11,13,18H,1-2,4-6,10H2,(H,19,20). The molecule has 6 nitrogen and oxygen atoms in total. The Morgan fingerprint density at radius 2 is 2.33 bits per heavy atom. The molecule has 0 spiro atoms. The van der Waals surface area contributed by atoms with Gasteiger partial charge in [-0.3, -0.25) is 4.79 Å². The summed E-state index contributed by atoms with van der Waals surface area (Å²) in [4.78, 5) is 22.0. The molecule has 2 aliphatic rings. The van der Waals surface area contributed by atoms with Crippen molar-refractivity contribution in [2.24, 2.45) is 0 Å². The van der Waals surface area contributed by atoms with Crippen molar-refractivity contribution in [3.05, 3.63) is 35.7 Å². The van der Waals surface area contributed by atoms with E-state index in [0.29, 0.717) is 5.69 Å². The molecule has 24 heavy (non-hydrogen) atoms. The van der Waals surface area contributed by atoms with Crippen LogP contribution in [0, 0.1) is 0 Å². The Labute approximate surface area is 144 Å². The second-order valence-electron chi connectivity index (χ2n) is 6.09. The zero-order chi connectivity index (χ0) is 16.4. The van der Waals surface area contributed by atoms with Gasteiger partial charge in [0.05, 0.1) is 18.5 Å². The van der Waals surface area contributed by atoms with E-state index in [1.807, 2.05) is 28.6 Å². The number of amides is 1. The SMILES string of the molecule is O=C(c1cc(-c2csc(NCC3CC=CO3)n2)c[nH]1)N1CCCC1. The van der Waals surface area contributed by atoms with Crippen molar-refractivity contribution < 1.29 is 9.53 Å². The number of carbonyl (C=O) groups excluding carboxylic acids is 1. The molecule has 1 fully saturated rings. The highest BCUT2D eigenvalue weighted by Gasteiger charge is 2.21. The van der Waals surface area contributed by atoms with E-state index in [1.165, 1.54) is 0 Å². The van der Waals surface area contributed by atoms with Gasteiger partial charge in [0.1, 0.15) is 11.8 Å². The highest BCUT2D eigenvalue weighted by atomic mass is 32.1. The number of aromatic amines is 1. The van der Waals surface area contributed by atoms with Crippen LogP contribution in [0.25, 0.3) is 11.3 Å². The van der Waals surface area contributed by atoms with Gasteiger partial charge in [-0.2, -0.15) is 0 Å². The van der Waals surface area contributed by atoms with E-state index in [-0.39, 0.29) is 12.0 Å². The number of carbonyl (C=O) groups is 1. The molecule has 0 radical (unpaired) electrons. The van der Waals surface area contributed by atoms with E-state index in [9.17, 15) is 4.79 Å². The minimum absolute atomic E-state index is 0.0817. The Morgan fingerprint density at radius 3 is 3.12 bits per heavy atom. The highest BCUT2D eigenvalue weighted by Crippen LogP contribution is 2.26. The number of H-pyrrole nitrogens is 1. The number of anilines is 1. The van der Waals surface area contributed by atoms with Gasteiger partial charge in [0.15, 0.2) is 5.13 Å². The molecule has 0 aliphatic carbocycles. The first-order valence-electron chi connectivity index (χ1n) is 8.27. The molecule has 2 aromatic rings. The van der Waals surface area contributed by atoms with Crippen LogP contribution in [0.4, 0.5) is 5.13 Å². The van der Waals surface area contributed by atoms with Gasteiger partial charge in [-0.15, -0.1) is 11.3 Å². The maximum Gasteiger partial charge on any atom is 0.270 e. The molecular weight excluding hydrogens is 324 g/mol. The predicted molar refractivity (Wildman–Crippen MR) is 94.2 cm³/mol. The molecule has 126 valence electrons. The monoisotopic (exact) mass is 344 g/mol. The molecule has 4 heterocycles. The summed E-state index contributed by atoms with van der Waals surface area (Å²) >= 11 is 1.56. The molecule has 2 aliphatic heterocycles. The minimum atomic E-state index is 0.0817. The van der Waals surface area contributed by atoms with Gasteiger partial charge in [0, 0.05) is 36.7 Å². The second-order valence-corrected chi connectivity index (χ2v) is 6.94. The van der Waals surface area contributed by atoms with Crippen LogP contribution >= 0.6 is 11.3 Å². The van der Waals surface area contributed by atoms with Crippen LogP contribution in [0.1, 0.15) is 29.8 Å². The van der Waals surface area contributed by atoms with Crippen molar-refractivity contribution >= 4 is 22.4 Å². The third-order valence-electron chi connectivity index (χ3n) is 4.35. The van der Waals surface area contributed by atoms with Crippen molar-refractivity contribution in [2.75, 3.05) is 25.0 Å². The molecule has 4 rings (SSSR count). The number of likely N-dealkylation sites (tertiary alicyclic amines) is 1. The van der Waals surface area contributed by atoms with E-state index < -0.39 is 0 Å². The average molecular weight is 344 g/mol. The van der Waals surface area contributed by atoms with Crippen LogP contribution in [0.3, 0.4) is 0 Å².